The lowest BCUT2D eigenvalue weighted by atomic mass is 10.0. The maximum Gasteiger partial charge on any atom is 0.237 e. The molecule has 0 N–H and O–H groups in total. The molecule has 0 bridgehead atoms. The summed E-state index contributed by atoms with van der Waals surface area (Å²) in [5.41, 5.74) is 9.94. The van der Waals surface area contributed by atoms with Crippen molar-refractivity contribution in [3.8, 4) is 17.1 Å². The highest BCUT2D eigenvalue weighted by Crippen LogP contribution is 2.53. The van der Waals surface area contributed by atoms with Crippen molar-refractivity contribution in [2.45, 2.75) is 0 Å². The number of aromatic nitrogens is 3. The topological polar surface area (TPSA) is 19.1 Å². The molecular formula is C49H28N4S. The van der Waals surface area contributed by atoms with Crippen LogP contribution in [-0.4, -0.2) is 13.7 Å². The van der Waals surface area contributed by atoms with Crippen LogP contribution in [0.4, 0.5) is 5.69 Å². The number of rotatable bonds is 3. The van der Waals surface area contributed by atoms with Crippen LogP contribution in [0.3, 0.4) is 0 Å². The van der Waals surface area contributed by atoms with Crippen LogP contribution in [0.1, 0.15) is 0 Å². The van der Waals surface area contributed by atoms with Crippen LogP contribution in [0.2, 0.25) is 0 Å². The second-order valence-electron chi connectivity index (χ2n) is 13.9. The van der Waals surface area contributed by atoms with Crippen LogP contribution in [-0.2, 0) is 0 Å². The second-order valence-corrected chi connectivity index (χ2v) is 15.0. The van der Waals surface area contributed by atoms with E-state index in [-0.39, 0.29) is 0 Å². The first-order valence-electron chi connectivity index (χ1n) is 18.2. The Kier molecular flexibility index (Phi) is 5.97. The quantitative estimate of drug-likeness (QED) is 0.163. The van der Waals surface area contributed by atoms with Crippen molar-refractivity contribution in [3.63, 3.8) is 0 Å². The number of nitrogens with zero attached hydrogens (tertiary/aromatic N) is 4. The average molecular weight is 705 g/mol. The Morgan fingerprint density at radius 2 is 0.667 bits per heavy atom. The molecule has 0 saturated carbocycles. The number of hydrogen-bond acceptors (Lipinski definition) is 1. The number of para-hydroxylation sites is 6. The molecule has 4 nitrogen and oxygen atoms in total. The Bertz CT molecular complexity index is 3420. The Morgan fingerprint density at radius 1 is 0.352 bits per heavy atom. The number of benzene rings is 8. The number of fused-ring (bicyclic) bond motifs is 12. The minimum absolute atomic E-state index is 0.615. The predicted molar refractivity (Wildman–Crippen MR) is 229 cm³/mol. The Hall–Kier alpha value is -7.13. The summed E-state index contributed by atoms with van der Waals surface area (Å²) in [6, 6.07) is 60.7. The van der Waals surface area contributed by atoms with Crippen LogP contribution < -0.4 is 0 Å². The second kappa shape index (κ2) is 10.9. The van der Waals surface area contributed by atoms with Gasteiger partial charge in [-0.2, -0.15) is 0 Å². The maximum atomic E-state index is 9.31. The van der Waals surface area contributed by atoms with Gasteiger partial charge in [-0.05, 0) is 42.5 Å². The van der Waals surface area contributed by atoms with Crippen LogP contribution in [0.15, 0.2) is 170 Å². The van der Waals surface area contributed by atoms with Crippen LogP contribution in [0, 0.1) is 6.57 Å². The van der Waals surface area contributed by atoms with Crippen molar-refractivity contribution in [2.24, 2.45) is 0 Å². The van der Waals surface area contributed by atoms with E-state index in [4.69, 9.17) is 0 Å². The number of hydrogen-bond donors (Lipinski definition) is 0. The zero-order valence-corrected chi connectivity index (χ0v) is 29.7. The molecule has 0 unspecified atom stereocenters. The van der Waals surface area contributed by atoms with Gasteiger partial charge in [-0.25, -0.2) is 4.85 Å². The molecule has 4 heterocycles. The van der Waals surface area contributed by atoms with Gasteiger partial charge in [0.1, 0.15) is 0 Å². The molecule has 0 aliphatic rings. The SMILES string of the molecule is [C-]#[N+]c1c(-n2c3ccccc3c3ccccc32)c(-n2c3ccccc3c3ccccc32)c2c(sc3ccccc32)c1-n1c2ccccc2c2ccccc21. The third-order valence-electron chi connectivity index (χ3n) is 11.2. The van der Waals surface area contributed by atoms with Gasteiger partial charge in [0, 0.05) is 47.8 Å². The van der Waals surface area contributed by atoms with Crippen LogP contribution in [0.25, 0.3) is 107 Å². The molecule has 8 aromatic carbocycles. The van der Waals surface area contributed by atoms with Crippen molar-refractivity contribution < 1.29 is 0 Å². The normalized spacial score (nSPS) is 12.1. The van der Waals surface area contributed by atoms with E-state index in [0.717, 1.165) is 71.0 Å². The standard InChI is InChI=1S/C49H28N4S/c1-50-45-47(52-39-25-11-4-18-32(39)33-19-5-12-26-40(33)52)46(51-37-23-9-2-16-30(37)31-17-3-10-24-38(31)51)44-36-22-8-15-29-43(36)54-49(44)48(45)53-41-27-13-6-20-34(41)35-21-7-14-28-42(35)53/h2-29H. The molecule has 12 rings (SSSR count). The first-order chi connectivity index (χ1) is 26.8. The summed E-state index contributed by atoms with van der Waals surface area (Å²) in [5, 5.41) is 9.34. The molecule has 5 heteroatoms. The number of thiophene rings is 1. The van der Waals surface area contributed by atoms with Gasteiger partial charge in [-0.1, -0.05) is 127 Å². The lowest BCUT2D eigenvalue weighted by molar-refractivity contribution is 1.10. The first-order valence-corrected chi connectivity index (χ1v) is 19.0. The molecule has 0 saturated heterocycles. The summed E-state index contributed by atoms with van der Waals surface area (Å²) in [4.78, 5) is 4.66. The smallest absolute Gasteiger partial charge is 0.237 e. The van der Waals surface area contributed by atoms with E-state index in [1.165, 1.54) is 31.6 Å². The van der Waals surface area contributed by atoms with E-state index in [0.29, 0.717) is 5.69 Å². The molecule has 250 valence electrons. The van der Waals surface area contributed by atoms with E-state index in [1.54, 1.807) is 11.3 Å². The Morgan fingerprint density at radius 3 is 1.06 bits per heavy atom. The highest BCUT2D eigenvalue weighted by molar-refractivity contribution is 7.26. The summed E-state index contributed by atoms with van der Waals surface area (Å²) in [5.74, 6) is 0. The zero-order chi connectivity index (χ0) is 35.5. The van der Waals surface area contributed by atoms with E-state index in [9.17, 15) is 6.57 Å². The fourth-order valence-corrected chi connectivity index (χ4v) is 10.4. The fraction of sp³-hybridized carbons (Fsp3) is 0. The van der Waals surface area contributed by atoms with Crippen molar-refractivity contribution >= 4 is 103 Å². The summed E-state index contributed by atoms with van der Waals surface area (Å²) in [6.45, 7) is 9.31. The zero-order valence-electron chi connectivity index (χ0n) is 28.9. The van der Waals surface area contributed by atoms with E-state index in [2.05, 4.69) is 188 Å². The molecule has 54 heavy (non-hydrogen) atoms. The van der Waals surface area contributed by atoms with Gasteiger partial charge in [0.25, 0.3) is 0 Å². The molecule has 0 radical (unpaired) electrons. The van der Waals surface area contributed by atoms with E-state index >= 15 is 0 Å². The predicted octanol–water partition coefficient (Wildman–Crippen LogP) is 13.9. The van der Waals surface area contributed by atoms with Gasteiger partial charge in [-0.15, -0.1) is 11.3 Å². The molecule has 0 aliphatic heterocycles. The molecule has 0 amide bonds. The summed E-state index contributed by atoms with van der Waals surface area (Å²) < 4.78 is 9.46. The molecule has 0 atom stereocenters. The molecule has 0 fully saturated rings. The van der Waals surface area contributed by atoms with Crippen molar-refractivity contribution in [1.82, 2.24) is 13.7 Å². The molecule has 4 aromatic heterocycles. The summed E-state index contributed by atoms with van der Waals surface area (Å²) >= 11 is 1.78. The fourth-order valence-electron chi connectivity index (χ4n) is 9.13. The van der Waals surface area contributed by atoms with Crippen molar-refractivity contribution in [3.05, 3.63) is 181 Å². The molecular weight excluding hydrogens is 677 g/mol. The lowest BCUT2D eigenvalue weighted by Gasteiger charge is -2.23. The lowest BCUT2D eigenvalue weighted by Crippen LogP contribution is -2.07. The van der Waals surface area contributed by atoms with Gasteiger partial charge in [-0.3, -0.25) is 0 Å². The first kappa shape index (κ1) is 29.4. The third kappa shape index (κ3) is 3.74. The largest absolute Gasteiger partial charge is 0.317 e. The minimum Gasteiger partial charge on any atom is -0.317 e. The summed E-state index contributed by atoms with van der Waals surface area (Å²) in [6.07, 6.45) is 0. The van der Waals surface area contributed by atoms with E-state index < -0.39 is 0 Å². The van der Waals surface area contributed by atoms with Crippen molar-refractivity contribution in [1.29, 1.82) is 0 Å². The highest BCUT2D eigenvalue weighted by atomic mass is 32.1. The van der Waals surface area contributed by atoms with Gasteiger partial charge < -0.3 is 13.7 Å². The van der Waals surface area contributed by atoms with E-state index in [1.807, 2.05) is 0 Å². The maximum absolute atomic E-state index is 9.31. The monoisotopic (exact) mass is 704 g/mol. The van der Waals surface area contributed by atoms with Gasteiger partial charge >= 0.3 is 0 Å². The summed E-state index contributed by atoms with van der Waals surface area (Å²) in [7, 11) is 0. The minimum atomic E-state index is 0.615. The van der Waals surface area contributed by atoms with Crippen LogP contribution >= 0.6 is 11.3 Å². The van der Waals surface area contributed by atoms with Crippen molar-refractivity contribution in [2.75, 3.05) is 0 Å². The molecule has 0 spiro atoms. The van der Waals surface area contributed by atoms with Gasteiger partial charge in [0.15, 0.2) is 0 Å². The molecule has 0 aliphatic carbocycles. The average Bonchev–Trinajstić information content (AvgIpc) is 3.97. The molecule has 12 aromatic rings. The Balaban J connectivity index is 1.43. The third-order valence-corrected chi connectivity index (χ3v) is 12.4. The van der Waals surface area contributed by atoms with Gasteiger partial charge in [0.2, 0.25) is 5.69 Å². The highest BCUT2D eigenvalue weighted by Gasteiger charge is 2.31. The van der Waals surface area contributed by atoms with Gasteiger partial charge in [0.05, 0.1) is 61.4 Å². The Labute approximate surface area is 313 Å². The van der Waals surface area contributed by atoms with Crippen LogP contribution in [0.5, 0.6) is 0 Å².